The van der Waals surface area contributed by atoms with Crippen molar-refractivity contribution in [2.45, 2.75) is 18.9 Å². The summed E-state index contributed by atoms with van der Waals surface area (Å²) in [5.74, 6) is -1.68. The van der Waals surface area contributed by atoms with Crippen LogP contribution >= 0.6 is 11.3 Å². The van der Waals surface area contributed by atoms with E-state index < -0.39 is 17.5 Å². The minimum Gasteiger partial charge on any atom is -0.488 e. The van der Waals surface area contributed by atoms with Crippen molar-refractivity contribution in [3.63, 3.8) is 0 Å². The molecular weight excluding hydrogens is 412 g/mol. The first-order chi connectivity index (χ1) is 14.5. The highest BCUT2D eigenvalue weighted by Crippen LogP contribution is 2.34. The topological polar surface area (TPSA) is 102 Å². The van der Waals surface area contributed by atoms with E-state index in [4.69, 9.17) is 10.5 Å². The predicted molar refractivity (Wildman–Crippen MR) is 111 cm³/mol. The van der Waals surface area contributed by atoms with Gasteiger partial charge in [-0.2, -0.15) is 0 Å². The van der Waals surface area contributed by atoms with Gasteiger partial charge in [-0.15, -0.1) is 0 Å². The van der Waals surface area contributed by atoms with Crippen molar-refractivity contribution in [1.29, 1.82) is 0 Å². The first kappa shape index (κ1) is 20.2. The number of nitrogen functional groups attached to an aromatic ring is 1. The molecule has 1 saturated heterocycles. The molecule has 2 aromatic heterocycles. The molecule has 1 aromatic carbocycles. The zero-order valence-electron chi connectivity index (χ0n) is 15.8. The van der Waals surface area contributed by atoms with Gasteiger partial charge in [0.1, 0.15) is 39.2 Å². The minimum atomic E-state index is -0.777. The highest BCUT2D eigenvalue weighted by molar-refractivity contribution is 7.19. The smallest absolute Gasteiger partial charge is 0.277 e. The lowest BCUT2D eigenvalue weighted by Gasteiger charge is -2.24. The number of thiazole rings is 1. The van der Waals surface area contributed by atoms with Gasteiger partial charge >= 0.3 is 0 Å². The molecule has 0 radical (unpaired) electrons. The fraction of sp³-hybridized carbons (Fsp3) is 0.250. The Bertz CT molecular complexity index is 1050. The van der Waals surface area contributed by atoms with Crippen LogP contribution in [0.4, 0.5) is 19.5 Å². The summed E-state index contributed by atoms with van der Waals surface area (Å²) in [4.78, 5) is 20.9. The van der Waals surface area contributed by atoms with Crippen molar-refractivity contribution in [3.8, 4) is 16.3 Å². The SMILES string of the molecule is Nc1sc(-c2c(F)cccc2F)nc1C(=O)Nc1cnccc1OC1CCNCC1. The van der Waals surface area contributed by atoms with Crippen molar-refractivity contribution >= 4 is 27.9 Å². The molecule has 0 unspecified atom stereocenters. The fourth-order valence-corrected chi connectivity index (χ4v) is 4.03. The highest BCUT2D eigenvalue weighted by Gasteiger charge is 2.23. The van der Waals surface area contributed by atoms with Crippen LogP contribution in [0, 0.1) is 11.6 Å². The van der Waals surface area contributed by atoms with Gasteiger partial charge in [-0.05, 0) is 38.1 Å². The van der Waals surface area contributed by atoms with Gasteiger partial charge in [0.15, 0.2) is 5.69 Å². The number of nitrogens with one attached hydrogen (secondary N) is 2. The Hall–Kier alpha value is -3.11. The normalized spacial score (nSPS) is 14.5. The van der Waals surface area contributed by atoms with E-state index in [2.05, 4.69) is 20.6 Å². The lowest BCUT2D eigenvalue weighted by molar-refractivity contribution is 0.102. The maximum absolute atomic E-state index is 14.1. The van der Waals surface area contributed by atoms with Crippen molar-refractivity contribution in [1.82, 2.24) is 15.3 Å². The number of rotatable bonds is 5. The van der Waals surface area contributed by atoms with E-state index in [1.165, 1.54) is 12.3 Å². The Labute approximate surface area is 175 Å². The molecule has 0 saturated carbocycles. The molecule has 0 spiro atoms. The van der Waals surface area contributed by atoms with Crippen molar-refractivity contribution in [2.75, 3.05) is 24.1 Å². The van der Waals surface area contributed by atoms with Gasteiger partial charge in [0.2, 0.25) is 0 Å². The number of halogens is 2. The molecule has 156 valence electrons. The molecule has 3 aromatic rings. The molecule has 1 fully saturated rings. The third kappa shape index (κ3) is 4.24. The Balaban J connectivity index is 1.56. The summed E-state index contributed by atoms with van der Waals surface area (Å²) >= 11 is 0.839. The lowest BCUT2D eigenvalue weighted by Crippen LogP contribution is -2.34. The number of anilines is 2. The van der Waals surface area contributed by atoms with Crippen molar-refractivity contribution < 1.29 is 18.3 Å². The van der Waals surface area contributed by atoms with Gasteiger partial charge in [0.05, 0.1) is 11.8 Å². The number of carbonyl (C=O) groups excluding carboxylic acids is 1. The zero-order chi connectivity index (χ0) is 21.1. The van der Waals surface area contributed by atoms with E-state index in [1.54, 1.807) is 12.3 Å². The third-order valence-electron chi connectivity index (χ3n) is 4.65. The molecule has 1 aliphatic rings. The Morgan fingerprint density at radius 3 is 2.70 bits per heavy atom. The second kappa shape index (κ2) is 8.72. The third-order valence-corrected chi connectivity index (χ3v) is 5.56. The van der Waals surface area contributed by atoms with Gasteiger partial charge < -0.3 is 21.1 Å². The second-order valence-electron chi connectivity index (χ2n) is 6.72. The Morgan fingerprint density at radius 2 is 1.97 bits per heavy atom. The molecule has 4 N–H and O–H groups in total. The average Bonchev–Trinajstić information content (AvgIpc) is 3.11. The molecule has 1 amide bonds. The monoisotopic (exact) mass is 431 g/mol. The molecule has 0 atom stereocenters. The first-order valence-corrected chi connectivity index (χ1v) is 10.2. The summed E-state index contributed by atoms with van der Waals surface area (Å²) in [6, 6.07) is 5.17. The predicted octanol–water partition coefficient (Wildman–Crippen LogP) is 3.45. The van der Waals surface area contributed by atoms with Crippen LogP contribution in [0.1, 0.15) is 23.3 Å². The van der Waals surface area contributed by atoms with E-state index in [9.17, 15) is 13.6 Å². The molecule has 10 heteroatoms. The Kier molecular flexibility index (Phi) is 5.86. The fourth-order valence-electron chi connectivity index (χ4n) is 3.16. The van der Waals surface area contributed by atoms with E-state index in [0.29, 0.717) is 11.4 Å². The molecule has 4 rings (SSSR count). The number of ether oxygens (including phenoxy) is 1. The van der Waals surface area contributed by atoms with Gasteiger partial charge in [0.25, 0.3) is 5.91 Å². The molecule has 30 heavy (non-hydrogen) atoms. The quantitative estimate of drug-likeness (QED) is 0.572. The van der Waals surface area contributed by atoms with Crippen LogP contribution in [0.5, 0.6) is 5.75 Å². The maximum Gasteiger partial charge on any atom is 0.277 e. The van der Waals surface area contributed by atoms with Crippen LogP contribution in [-0.2, 0) is 0 Å². The van der Waals surface area contributed by atoms with E-state index in [1.807, 2.05) is 0 Å². The summed E-state index contributed by atoms with van der Waals surface area (Å²) < 4.78 is 34.1. The molecule has 0 bridgehead atoms. The summed E-state index contributed by atoms with van der Waals surface area (Å²) in [7, 11) is 0. The van der Waals surface area contributed by atoms with Gasteiger partial charge in [0, 0.05) is 12.3 Å². The van der Waals surface area contributed by atoms with Crippen LogP contribution in [-0.4, -0.2) is 35.1 Å². The average molecular weight is 431 g/mol. The summed E-state index contributed by atoms with van der Waals surface area (Å²) in [6.07, 6.45) is 4.78. The highest BCUT2D eigenvalue weighted by atomic mass is 32.1. The van der Waals surface area contributed by atoms with Gasteiger partial charge in [-0.25, -0.2) is 13.8 Å². The van der Waals surface area contributed by atoms with Crippen LogP contribution in [0.2, 0.25) is 0 Å². The van der Waals surface area contributed by atoms with Crippen LogP contribution in [0.25, 0.3) is 10.6 Å². The second-order valence-corrected chi connectivity index (χ2v) is 7.75. The number of benzene rings is 1. The van der Waals surface area contributed by atoms with E-state index in [0.717, 1.165) is 49.4 Å². The molecular formula is C20H19F2N5O2S. The van der Waals surface area contributed by atoms with E-state index >= 15 is 0 Å². The number of pyridine rings is 1. The zero-order valence-corrected chi connectivity index (χ0v) is 16.6. The number of hydrogen-bond donors (Lipinski definition) is 3. The number of nitrogens with zero attached hydrogens (tertiary/aromatic N) is 2. The summed E-state index contributed by atoms with van der Waals surface area (Å²) in [5.41, 5.74) is 5.85. The van der Waals surface area contributed by atoms with Crippen molar-refractivity contribution in [2.24, 2.45) is 0 Å². The number of hydrogen-bond acceptors (Lipinski definition) is 7. The maximum atomic E-state index is 14.1. The lowest BCUT2D eigenvalue weighted by atomic mass is 10.1. The van der Waals surface area contributed by atoms with E-state index in [-0.39, 0.29) is 27.4 Å². The number of carbonyl (C=O) groups is 1. The number of aromatic nitrogens is 2. The van der Waals surface area contributed by atoms with Crippen LogP contribution in [0.15, 0.2) is 36.7 Å². The number of nitrogens with two attached hydrogens (primary N) is 1. The number of amides is 1. The molecule has 7 nitrogen and oxygen atoms in total. The first-order valence-electron chi connectivity index (χ1n) is 9.36. The Morgan fingerprint density at radius 1 is 1.23 bits per heavy atom. The minimum absolute atomic E-state index is 0.00869. The largest absolute Gasteiger partial charge is 0.488 e. The summed E-state index contributed by atoms with van der Waals surface area (Å²) in [5, 5.41) is 5.99. The number of piperidine rings is 1. The molecule has 0 aliphatic carbocycles. The van der Waals surface area contributed by atoms with Gasteiger partial charge in [-0.3, -0.25) is 9.78 Å². The van der Waals surface area contributed by atoms with Gasteiger partial charge in [-0.1, -0.05) is 17.4 Å². The molecule has 3 heterocycles. The standard InChI is InChI=1S/C20H19F2N5O2S/c21-12-2-1-3-13(22)16(12)20-27-17(18(23)30-20)19(28)26-14-10-25-9-6-15(14)29-11-4-7-24-8-5-11/h1-3,6,9-11,24H,4-5,7-8,23H2,(H,26,28). The van der Waals surface area contributed by atoms with Crippen LogP contribution < -0.4 is 21.1 Å². The van der Waals surface area contributed by atoms with Crippen LogP contribution in [0.3, 0.4) is 0 Å². The summed E-state index contributed by atoms with van der Waals surface area (Å²) in [6.45, 7) is 1.73. The molecule has 1 aliphatic heterocycles. The van der Waals surface area contributed by atoms with Crippen molar-refractivity contribution in [3.05, 3.63) is 54.0 Å².